The number of nitrogens with zero attached hydrogens (tertiary/aromatic N) is 1. The molecule has 61 heavy (non-hydrogen) atoms. The lowest BCUT2D eigenvalue weighted by molar-refractivity contribution is 0.669. The zero-order chi connectivity index (χ0) is 40.3. The molecule has 10 aromatic carbocycles. The Kier molecular flexibility index (Phi) is 8.17. The van der Waals surface area contributed by atoms with Crippen molar-refractivity contribution in [3.8, 4) is 44.5 Å². The average Bonchev–Trinajstić information content (AvgIpc) is 3.90. The van der Waals surface area contributed by atoms with Gasteiger partial charge in [-0.2, -0.15) is 0 Å². The summed E-state index contributed by atoms with van der Waals surface area (Å²) in [4.78, 5) is 2.37. The largest absolute Gasteiger partial charge is 0.456 e. The summed E-state index contributed by atoms with van der Waals surface area (Å²) in [5.41, 5.74) is 15.7. The molecule has 0 aliphatic carbocycles. The van der Waals surface area contributed by atoms with E-state index in [0.29, 0.717) is 0 Å². The molecule has 0 fully saturated rings. The van der Waals surface area contributed by atoms with Crippen LogP contribution < -0.4 is 4.90 Å². The summed E-state index contributed by atoms with van der Waals surface area (Å²) >= 11 is 0. The van der Waals surface area contributed by atoms with Crippen molar-refractivity contribution in [2.45, 2.75) is 0 Å². The lowest BCUT2D eigenvalue weighted by Crippen LogP contribution is -2.11. The van der Waals surface area contributed by atoms with E-state index in [1.165, 1.54) is 16.5 Å². The minimum Gasteiger partial charge on any atom is -0.456 e. The predicted octanol–water partition coefficient (Wildman–Crippen LogP) is 16.8. The van der Waals surface area contributed by atoms with Crippen LogP contribution in [0.15, 0.2) is 233 Å². The SMILES string of the molecule is c1ccc(-c2ccc(N(c3ccc(-c4cccc5c4oc4c(-c6ccccc6)cccc45)cc3)c3ccccc3-c3cccc4oc5cc6ccccc6cc5c34)cc2)cc1. The van der Waals surface area contributed by atoms with Crippen LogP contribution in [0.25, 0.3) is 99.2 Å². The highest BCUT2D eigenvalue weighted by Crippen LogP contribution is 2.46. The maximum Gasteiger partial charge on any atom is 0.143 e. The van der Waals surface area contributed by atoms with Gasteiger partial charge in [0.05, 0.1) is 5.69 Å². The number of hydrogen-bond acceptors (Lipinski definition) is 3. The van der Waals surface area contributed by atoms with Crippen LogP contribution in [0.2, 0.25) is 0 Å². The van der Waals surface area contributed by atoms with E-state index in [0.717, 1.165) is 99.7 Å². The second-order valence-electron chi connectivity index (χ2n) is 15.6. The first-order chi connectivity index (χ1) is 30.2. The lowest BCUT2D eigenvalue weighted by atomic mass is 9.96. The Bertz CT molecular complexity index is 3560. The molecule has 0 bridgehead atoms. The van der Waals surface area contributed by atoms with E-state index in [1.54, 1.807) is 0 Å². The Morgan fingerprint density at radius 2 is 0.787 bits per heavy atom. The van der Waals surface area contributed by atoms with Gasteiger partial charge in [-0.05, 0) is 87.1 Å². The Hall–Kier alpha value is -8.14. The fourth-order valence-electron chi connectivity index (χ4n) is 9.18. The van der Waals surface area contributed by atoms with E-state index in [4.69, 9.17) is 8.83 Å². The molecule has 3 nitrogen and oxygen atoms in total. The molecule has 0 saturated heterocycles. The standard InChI is InChI=1S/C58H37NO2/c1-3-14-38(15-4-1)39-28-32-44(33-29-39)59(53-26-10-9-20-48(53)49-23-13-27-54-56(49)52-36-42-18-7-8-19-43(42)37-55(52)60-54)45-34-30-41(31-35-45)47-22-12-25-51-50-24-11-21-46(57(50)61-58(47)51)40-16-5-2-6-17-40/h1-37H. The summed E-state index contributed by atoms with van der Waals surface area (Å²) in [5.74, 6) is 0. The Morgan fingerprint density at radius 1 is 0.295 bits per heavy atom. The van der Waals surface area contributed by atoms with E-state index < -0.39 is 0 Å². The van der Waals surface area contributed by atoms with Crippen LogP contribution in [0, 0.1) is 0 Å². The van der Waals surface area contributed by atoms with Crippen molar-refractivity contribution in [3.63, 3.8) is 0 Å². The normalized spacial score (nSPS) is 11.6. The maximum atomic E-state index is 6.82. The van der Waals surface area contributed by atoms with Crippen molar-refractivity contribution in [1.29, 1.82) is 0 Å². The van der Waals surface area contributed by atoms with Gasteiger partial charge < -0.3 is 13.7 Å². The highest BCUT2D eigenvalue weighted by Gasteiger charge is 2.22. The van der Waals surface area contributed by atoms with E-state index >= 15 is 0 Å². The second kappa shape index (κ2) is 14.3. The zero-order valence-electron chi connectivity index (χ0n) is 33.1. The molecule has 0 saturated carbocycles. The molecule has 0 aliphatic heterocycles. The number of benzene rings is 10. The smallest absolute Gasteiger partial charge is 0.143 e. The molecule has 2 heterocycles. The Balaban J connectivity index is 1.01. The van der Waals surface area contributed by atoms with Gasteiger partial charge in [-0.15, -0.1) is 0 Å². The van der Waals surface area contributed by atoms with Gasteiger partial charge >= 0.3 is 0 Å². The molecule has 0 N–H and O–H groups in total. The minimum atomic E-state index is 0.872. The van der Waals surface area contributed by atoms with Gasteiger partial charge in [0.2, 0.25) is 0 Å². The van der Waals surface area contributed by atoms with Crippen LogP contribution in [0.3, 0.4) is 0 Å². The molecule has 0 aliphatic rings. The van der Waals surface area contributed by atoms with E-state index in [2.05, 4.69) is 223 Å². The first-order valence-corrected chi connectivity index (χ1v) is 20.7. The van der Waals surface area contributed by atoms with Crippen molar-refractivity contribution >= 4 is 71.7 Å². The number of para-hydroxylation sites is 3. The third kappa shape index (κ3) is 5.90. The van der Waals surface area contributed by atoms with Gasteiger partial charge in [-0.1, -0.05) is 176 Å². The summed E-state index contributed by atoms with van der Waals surface area (Å²) in [5, 5.41) is 6.80. The highest BCUT2D eigenvalue weighted by molar-refractivity contribution is 6.17. The molecule has 3 heteroatoms. The van der Waals surface area contributed by atoms with Crippen molar-refractivity contribution < 1.29 is 8.83 Å². The van der Waals surface area contributed by atoms with Crippen molar-refractivity contribution in [3.05, 3.63) is 224 Å². The second-order valence-corrected chi connectivity index (χ2v) is 15.6. The molecular formula is C58H37NO2. The van der Waals surface area contributed by atoms with Crippen LogP contribution in [0.5, 0.6) is 0 Å². The van der Waals surface area contributed by atoms with Crippen molar-refractivity contribution in [2.24, 2.45) is 0 Å². The molecule has 0 radical (unpaired) electrons. The van der Waals surface area contributed by atoms with Crippen molar-refractivity contribution in [1.82, 2.24) is 0 Å². The molecule has 12 aromatic rings. The topological polar surface area (TPSA) is 29.5 Å². The van der Waals surface area contributed by atoms with E-state index in [9.17, 15) is 0 Å². The molecule has 0 spiro atoms. The van der Waals surface area contributed by atoms with Gasteiger partial charge in [0.1, 0.15) is 22.3 Å². The van der Waals surface area contributed by atoms with Gasteiger partial charge in [-0.3, -0.25) is 0 Å². The number of hydrogen-bond donors (Lipinski definition) is 0. The fourth-order valence-corrected chi connectivity index (χ4v) is 9.18. The van der Waals surface area contributed by atoms with Gasteiger partial charge in [0.25, 0.3) is 0 Å². The Morgan fingerprint density at radius 3 is 1.46 bits per heavy atom. The molecule has 286 valence electrons. The summed E-state index contributed by atoms with van der Waals surface area (Å²) in [6, 6.07) is 79.8. The van der Waals surface area contributed by atoms with Crippen LogP contribution in [0.4, 0.5) is 17.1 Å². The molecule has 0 amide bonds. The summed E-state index contributed by atoms with van der Waals surface area (Å²) in [6.45, 7) is 0. The summed E-state index contributed by atoms with van der Waals surface area (Å²) < 4.78 is 13.4. The first kappa shape index (κ1) is 34.9. The highest BCUT2D eigenvalue weighted by atomic mass is 16.3. The number of rotatable bonds is 7. The number of anilines is 3. The quantitative estimate of drug-likeness (QED) is 0.161. The number of furan rings is 2. The van der Waals surface area contributed by atoms with Crippen LogP contribution >= 0.6 is 0 Å². The molecule has 12 rings (SSSR count). The average molecular weight is 780 g/mol. The molecule has 0 atom stereocenters. The van der Waals surface area contributed by atoms with E-state index in [-0.39, 0.29) is 0 Å². The first-order valence-electron chi connectivity index (χ1n) is 20.7. The minimum absolute atomic E-state index is 0.872. The van der Waals surface area contributed by atoms with Crippen molar-refractivity contribution in [2.75, 3.05) is 4.90 Å². The zero-order valence-corrected chi connectivity index (χ0v) is 33.1. The molecule has 0 unspecified atom stereocenters. The van der Waals surface area contributed by atoms with Gasteiger partial charge in [0, 0.05) is 49.6 Å². The van der Waals surface area contributed by atoms with E-state index in [1.807, 2.05) is 6.07 Å². The monoisotopic (exact) mass is 779 g/mol. The fraction of sp³-hybridized carbons (Fsp3) is 0. The third-order valence-electron chi connectivity index (χ3n) is 12.1. The van der Waals surface area contributed by atoms with Gasteiger partial charge in [-0.25, -0.2) is 0 Å². The van der Waals surface area contributed by atoms with Crippen LogP contribution in [-0.2, 0) is 0 Å². The van der Waals surface area contributed by atoms with Crippen LogP contribution in [-0.4, -0.2) is 0 Å². The molecular weight excluding hydrogens is 743 g/mol. The summed E-state index contributed by atoms with van der Waals surface area (Å²) in [6.07, 6.45) is 0. The maximum absolute atomic E-state index is 6.82. The predicted molar refractivity (Wildman–Crippen MR) is 255 cm³/mol. The van der Waals surface area contributed by atoms with Gasteiger partial charge in [0.15, 0.2) is 0 Å². The lowest BCUT2D eigenvalue weighted by Gasteiger charge is -2.28. The summed E-state index contributed by atoms with van der Waals surface area (Å²) in [7, 11) is 0. The van der Waals surface area contributed by atoms with Crippen LogP contribution in [0.1, 0.15) is 0 Å². The molecule has 2 aromatic heterocycles. The third-order valence-corrected chi connectivity index (χ3v) is 12.1. The number of fused-ring (bicyclic) bond motifs is 7. The Labute approximate surface area is 353 Å².